The molecule has 2 aliphatic carbocycles. The van der Waals surface area contributed by atoms with Crippen LogP contribution in [0.4, 0.5) is 0 Å². The molecular weight excluding hydrogens is 418 g/mol. The van der Waals surface area contributed by atoms with Crippen LogP contribution in [0, 0.1) is 18.3 Å². The molecule has 0 saturated carbocycles. The minimum atomic E-state index is -0.390. The fourth-order valence-electron chi connectivity index (χ4n) is 5.34. The third-order valence-electron chi connectivity index (χ3n) is 6.43. The zero-order valence-electron chi connectivity index (χ0n) is 15.8. The molecule has 0 aromatic heterocycles. The lowest BCUT2D eigenvalue weighted by Gasteiger charge is -2.30. The zero-order valence-corrected chi connectivity index (χ0v) is 17.4. The van der Waals surface area contributed by atoms with E-state index in [-0.39, 0.29) is 5.41 Å². The van der Waals surface area contributed by atoms with Crippen molar-refractivity contribution in [3.05, 3.63) is 117 Å². The molecule has 1 atom stereocenters. The summed E-state index contributed by atoms with van der Waals surface area (Å²) in [7, 11) is 0. The molecule has 1 nitrogen and oxygen atoms in total. The average molecular weight is 434 g/mol. The van der Waals surface area contributed by atoms with Gasteiger partial charge in [0.15, 0.2) is 0 Å². The van der Waals surface area contributed by atoms with E-state index in [1.54, 1.807) is 0 Å². The summed E-state index contributed by atoms with van der Waals surface area (Å²) in [5.74, 6) is 0. The Kier molecular flexibility index (Phi) is 3.29. The highest BCUT2D eigenvalue weighted by Crippen LogP contribution is 2.63. The molecule has 1 unspecified atom stereocenters. The number of nitrogens with zero attached hydrogens (tertiary/aromatic N) is 1. The maximum atomic E-state index is 9.64. The molecule has 0 heterocycles. The maximum Gasteiger partial charge on any atom is 0.0991 e. The first-order valence-electron chi connectivity index (χ1n) is 9.70. The summed E-state index contributed by atoms with van der Waals surface area (Å²) in [6.07, 6.45) is 0. The second-order valence-corrected chi connectivity index (χ2v) is 8.82. The monoisotopic (exact) mass is 433 g/mol. The van der Waals surface area contributed by atoms with Gasteiger partial charge in [-0.25, -0.2) is 0 Å². The van der Waals surface area contributed by atoms with Gasteiger partial charge in [-0.2, -0.15) is 5.26 Å². The molecule has 29 heavy (non-hydrogen) atoms. The number of fused-ring (bicyclic) bond motifs is 10. The lowest BCUT2D eigenvalue weighted by atomic mass is 9.70. The van der Waals surface area contributed by atoms with Gasteiger partial charge in [0.05, 0.1) is 17.0 Å². The van der Waals surface area contributed by atoms with E-state index in [0.29, 0.717) is 5.56 Å². The molecule has 0 fully saturated rings. The first-order valence-corrected chi connectivity index (χ1v) is 10.5. The van der Waals surface area contributed by atoms with Crippen LogP contribution in [0.2, 0.25) is 0 Å². The summed E-state index contributed by atoms with van der Waals surface area (Å²) in [6.45, 7) is 2.15. The minimum Gasteiger partial charge on any atom is -0.192 e. The molecule has 2 aliphatic rings. The number of halogens is 1. The Morgan fingerprint density at radius 3 is 2.10 bits per heavy atom. The van der Waals surface area contributed by atoms with Crippen LogP contribution < -0.4 is 0 Å². The van der Waals surface area contributed by atoms with Crippen molar-refractivity contribution in [1.82, 2.24) is 0 Å². The van der Waals surface area contributed by atoms with Gasteiger partial charge in [0.1, 0.15) is 0 Å². The molecule has 0 radical (unpaired) electrons. The summed E-state index contributed by atoms with van der Waals surface area (Å²) >= 11 is 3.71. The summed E-state index contributed by atoms with van der Waals surface area (Å²) in [5, 5.41) is 9.64. The first kappa shape index (κ1) is 16.8. The first-order chi connectivity index (χ1) is 14.1. The number of aryl methyl sites for hydroxylation is 1. The van der Waals surface area contributed by atoms with E-state index in [2.05, 4.69) is 102 Å². The smallest absolute Gasteiger partial charge is 0.0991 e. The standard InChI is InChI=1S/C27H16BrN/c1-16-6-9-20-22-11-8-18(28)14-26(22)27(24(20)12-16)23-5-3-2-4-19(23)21-10-7-17(15-29)13-25(21)27/h2-14H,1H3. The van der Waals surface area contributed by atoms with Crippen molar-refractivity contribution in [3.63, 3.8) is 0 Å². The van der Waals surface area contributed by atoms with E-state index < -0.39 is 0 Å². The lowest BCUT2D eigenvalue weighted by molar-refractivity contribution is 0.791. The third-order valence-corrected chi connectivity index (χ3v) is 6.92. The van der Waals surface area contributed by atoms with Crippen LogP contribution >= 0.6 is 15.9 Å². The Morgan fingerprint density at radius 1 is 0.690 bits per heavy atom. The minimum absolute atomic E-state index is 0.390. The van der Waals surface area contributed by atoms with Crippen LogP contribution in [0.25, 0.3) is 22.3 Å². The molecule has 0 N–H and O–H groups in total. The third kappa shape index (κ3) is 1.98. The number of benzene rings is 4. The number of hydrogen-bond acceptors (Lipinski definition) is 1. The van der Waals surface area contributed by atoms with Crippen LogP contribution in [0.15, 0.2) is 83.3 Å². The van der Waals surface area contributed by atoms with Gasteiger partial charge in [-0.1, -0.05) is 76.1 Å². The Balaban J connectivity index is 1.87. The molecular formula is C27H16BrN. The summed E-state index contributed by atoms with van der Waals surface area (Å²) in [5.41, 5.74) is 11.7. The molecule has 136 valence electrons. The van der Waals surface area contributed by atoms with E-state index in [9.17, 15) is 5.26 Å². The van der Waals surface area contributed by atoms with E-state index >= 15 is 0 Å². The highest BCUT2D eigenvalue weighted by molar-refractivity contribution is 9.10. The molecule has 4 aromatic rings. The summed E-state index contributed by atoms with van der Waals surface area (Å²) in [4.78, 5) is 0. The van der Waals surface area contributed by atoms with Crippen LogP contribution in [-0.4, -0.2) is 0 Å². The molecule has 0 bridgehead atoms. The molecule has 0 amide bonds. The van der Waals surface area contributed by atoms with Gasteiger partial charge < -0.3 is 0 Å². The Hall–Kier alpha value is -3.15. The molecule has 1 spiro atoms. The molecule has 0 aliphatic heterocycles. The van der Waals surface area contributed by atoms with Crippen molar-refractivity contribution in [2.45, 2.75) is 12.3 Å². The van der Waals surface area contributed by atoms with E-state index in [0.717, 1.165) is 4.47 Å². The van der Waals surface area contributed by atoms with Crippen molar-refractivity contribution >= 4 is 15.9 Å². The molecule has 0 saturated heterocycles. The summed E-state index contributed by atoms with van der Waals surface area (Å²) < 4.78 is 1.07. The summed E-state index contributed by atoms with van der Waals surface area (Å²) in [6, 6.07) is 30.6. The van der Waals surface area contributed by atoms with Gasteiger partial charge in [-0.3, -0.25) is 0 Å². The van der Waals surface area contributed by atoms with Crippen molar-refractivity contribution in [2.75, 3.05) is 0 Å². The van der Waals surface area contributed by atoms with E-state index in [1.165, 1.54) is 50.1 Å². The van der Waals surface area contributed by atoms with Gasteiger partial charge >= 0.3 is 0 Å². The number of hydrogen-bond donors (Lipinski definition) is 0. The average Bonchev–Trinajstić information content (AvgIpc) is 3.19. The molecule has 4 aromatic carbocycles. The fraction of sp³-hybridized carbons (Fsp3) is 0.0741. The highest BCUT2D eigenvalue weighted by Gasteiger charge is 2.51. The zero-order chi connectivity index (χ0) is 19.8. The molecule has 6 rings (SSSR count). The molecule has 2 heteroatoms. The maximum absolute atomic E-state index is 9.64. The van der Waals surface area contributed by atoms with Crippen LogP contribution in [-0.2, 0) is 5.41 Å². The normalized spacial score (nSPS) is 17.4. The largest absolute Gasteiger partial charge is 0.192 e. The van der Waals surface area contributed by atoms with Crippen molar-refractivity contribution in [1.29, 1.82) is 5.26 Å². The number of rotatable bonds is 0. The van der Waals surface area contributed by atoms with Crippen molar-refractivity contribution in [2.24, 2.45) is 0 Å². The van der Waals surface area contributed by atoms with Crippen molar-refractivity contribution < 1.29 is 0 Å². The van der Waals surface area contributed by atoms with Gasteiger partial charge in [0, 0.05) is 4.47 Å². The Morgan fingerprint density at radius 2 is 1.31 bits per heavy atom. The second kappa shape index (κ2) is 5.69. The van der Waals surface area contributed by atoms with Crippen LogP contribution in [0.3, 0.4) is 0 Å². The SMILES string of the molecule is Cc1ccc2c(c1)C1(c3ccccc3-c3ccc(C#N)cc31)c1cc(Br)ccc1-2. The van der Waals surface area contributed by atoms with E-state index in [1.807, 2.05) is 6.07 Å². The predicted molar refractivity (Wildman–Crippen MR) is 120 cm³/mol. The lowest BCUT2D eigenvalue weighted by Crippen LogP contribution is -2.26. The Bertz CT molecular complexity index is 1340. The quantitative estimate of drug-likeness (QED) is 0.253. The second-order valence-electron chi connectivity index (χ2n) is 7.91. The predicted octanol–water partition coefficient (Wildman–Crippen LogP) is 6.97. The van der Waals surface area contributed by atoms with Gasteiger partial charge in [0.25, 0.3) is 0 Å². The van der Waals surface area contributed by atoms with Crippen molar-refractivity contribution in [3.8, 4) is 28.3 Å². The Labute approximate surface area is 178 Å². The fourth-order valence-corrected chi connectivity index (χ4v) is 5.70. The van der Waals surface area contributed by atoms with Crippen LogP contribution in [0.5, 0.6) is 0 Å². The van der Waals surface area contributed by atoms with Gasteiger partial charge in [-0.15, -0.1) is 0 Å². The van der Waals surface area contributed by atoms with Gasteiger partial charge in [-0.05, 0) is 75.7 Å². The highest BCUT2D eigenvalue weighted by atomic mass is 79.9. The van der Waals surface area contributed by atoms with E-state index in [4.69, 9.17) is 0 Å². The number of nitriles is 1. The topological polar surface area (TPSA) is 23.8 Å². The van der Waals surface area contributed by atoms with Crippen LogP contribution in [0.1, 0.15) is 33.4 Å². The van der Waals surface area contributed by atoms with Gasteiger partial charge in [0.2, 0.25) is 0 Å².